The van der Waals surface area contributed by atoms with E-state index in [1.54, 1.807) is 6.07 Å². The lowest BCUT2D eigenvalue weighted by Gasteiger charge is -2.12. The topological polar surface area (TPSA) is 76.1 Å². The van der Waals surface area contributed by atoms with Crippen molar-refractivity contribution in [1.29, 1.82) is 5.26 Å². The van der Waals surface area contributed by atoms with Crippen LogP contribution in [-0.4, -0.2) is 18.6 Å². The van der Waals surface area contributed by atoms with Crippen molar-refractivity contribution in [2.45, 2.75) is 23.4 Å². The van der Waals surface area contributed by atoms with Crippen LogP contribution in [0.5, 0.6) is 0 Å². The largest absolute Gasteiger partial charge is 0.469 e. The molecule has 0 fully saturated rings. The number of esters is 1. The van der Waals surface area contributed by atoms with Gasteiger partial charge in [-0.3, -0.25) is 4.79 Å². The first kappa shape index (κ1) is 16.3. The molecule has 0 spiro atoms. The second-order valence-electron chi connectivity index (χ2n) is 3.73. The Bertz CT molecular complexity index is 553. The lowest BCUT2D eigenvalue weighted by atomic mass is 10.0. The fraction of sp³-hybridized carbons (Fsp3) is 0.333. The van der Waals surface area contributed by atoms with E-state index in [0.717, 1.165) is 0 Å². The summed E-state index contributed by atoms with van der Waals surface area (Å²) in [5, 5.41) is 8.92. The summed E-state index contributed by atoms with van der Waals surface area (Å²) in [5.74, 6) is -0.556. The van der Waals surface area contributed by atoms with Crippen LogP contribution in [0.25, 0.3) is 0 Å². The summed E-state index contributed by atoms with van der Waals surface area (Å²) < 4.78 is 41.7. The Hall–Kier alpha value is -1.72. The highest BCUT2D eigenvalue weighted by molar-refractivity contribution is 8.00. The summed E-state index contributed by atoms with van der Waals surface area (Å²) in [5.41, 5.74) is 1.59. The number of nitriles is 1. The number of carbonyl (C=O) groups is 1. The summed E-state index contributed by atoms with van der Waals surface area (Å²) in [4.78, 5) is 11.0. The van der Waals surface area contributed by atoms with Crippen molar-refractivity contribution >= 4 is 17.7 Å². The summed E-state index contributed by atoms with van der Waals surface area (Å²) in [6, 6.07) is 4.12. The molecule has 0 bridgehead atoms. The molecule has 0 saturated carbocycles. The van der Waals surface area contributed by atoms with Crippen LogP contribution in [0.2, 0.25) is 0 Å². The van der Waals surface area contributed by atoms with E-state index in [-0.39, 0.29) is 35.2 Å². The maximum Gasteiger partial charge on any atom is 0.446 e. The molecule has 2 N–H and O–H groups in total. The van der Waals surface area contributed by atoms with Crippen molar-refractivity contribution in [3.8, 4) is 6.07 Å². The minimum absolute atomic E-state index is 0.0382. The number of hydrogen-bond donors (Lipinski definition) is 1. The number of hydrogen-bond acceptors (Lipinski definition) is 5. The van der Waals surface area contributed by atoms with Gasteiger partial charge in [0.15, 0.2) is 0 Å². The Balaban J connectivity index is 3.24. The van der Waals surface area contributed by atoms with E-state index >= 15 is 0 Å². The van der Waals surface area contributed by atoms with Crippen LogP contribution in [0.4, 0.5) is 13.2 Å². The molecule has 0 unspecified atom stereocenters. The second kappa shape index (κ2) is 6.63. The van der Waals surface area contributed by atoms with Gasteiger partial charge in [0.25, 0.3) is 0 Å². The third kappa shape index (κ3) is 4.43. The number of nitrogens with zero attached hydrogens (tertiary/aromatic N) is 1. The number of ether oxygens (including phenoxy) is 1. The van der Waals surface area contributed by atoms with Crippen LogP contribution in [0.1, 0.15) is 16.7 Å². The molecule has 0 saturated heterocycles. The zero-order valence-electron chi connectivity index (χ0n) is 10.5. The lowest BCUT2D eigenvalue weighted by Crippen LogP contribution is -2.10. The molecular weight excluding hydrogens is 293 g/mol. The molecule has 0 aliphatic carbocycles. The molecule has 0 heterocycles. The molecule has 0 aromatic heterocycles. The van der Waals surface area contributed by atoms with Gasteiger partial charge in [0.05, 0.1) is 19.1 Å². The Morgan fingerprint density at radius 3 is 2.55 bits per heavy atom. The normalized spacial score (nSPS) is 11.0. The molecule has 1 aromatic rings. The van der Waals surface area contributed by atoms with Gasteiger partial charge in [0, 0.05) is 11.4 Å². The predicted octanol–water partition coefficient (Wildman–Crippen LogP) is 2.34. The molecule has 0 radical (unpaired) electrons. The molecule has 108 valence electrons. The van der Waals surface area contributed by atoms with E-state index in [4.69, 9.17) is 11.0 Å². The molecule has 1 aromatic carbocycles. The van der Waals surface area contributed by atoms with Gasteiger partial charge in [-0.05, 0) is 35.0 Å². The van der Waals surface area contributed by atoms with E-state index in [9.17, 15) is 18.0 Å². The number of thioether (sulfide) groups is 1. The molecular formula is C12H11F3N2O2S. The standard InChI is InChI=1S/C12H11F3N2O2S/c1-19-11(18)4-7-2-9(6-17)10(3-8(7)5-16)20-12(13,14)15/h2-3H,4-5,16H2,1H3. The number of methoxy groups -OCH3 is 1. The predicted molar refractivity (Wildman–Crippen MR) is 66.7 cm³/mol. The van der Waals surface area contributed by atoms with Crippen molar-refractivity contribution < 1.29 is 22.7 Å². The highest BCUT2D eigenvalue weighted by Crippen LogP contribution is 2.39. The second-order valence-corrected chi connectivity index (χ2v) is 4.84. The van der Waals surface area contributed by atoms with Crippen molar-refractivity contribution in [3.05, 3.63) is 28.8 Å². The average molecular weight is 304 g/mol. The molecule has 0 aliphatic rings. The first-order valence-electron chi connectivity index (χ1n) is 5.39. The maximum atomic E-state index is 12.4. The Morgan fingerprint density at radius 1 is 1.45 bits per heavy atom. The molecule has 0 amide bonds. The fourth-order valence-corrected chi connectivity index (χ4v) is 2.21. The van der Waals surface area contributed by atoms with Gasteiger partial charge < -0.3 is 10.5 Å². The van der Waals surface area contributed by atoms with Gasteiger partial charge >= 0.3 is 11.5 Å². The highest BCUT2D eigenvalue weighted by atomic mass is 32.2. The number of carbonyl (C=O) groups excluding carboxylic acids is 1. The smallest absolute Gasteiger partial charge is 0.446 e. The van der Waals surface area contributed by atoms with Crippen LogP contribution < -0.4 is 5.73 Å². The monoisotopic (exact) mass is 304 g/mol. The van der Waals surface area contributed by atoms with Gasteiger partial charge in [0.2, 0.25) is 0 Å². The Labute approximate surface area is 117 Å². The summed E-state index contributed by atoms with van der Waals surface area (Å²) >= 11 is -0.379. The molecule has 8 heteroatoms. The summed E-state index contributed by atoms with van der Waals surface area (Å²) in [6.45, 7) is -0.0382. The van der Waals surface area contributed by atoms with Crippen LogP contribution >= 0.6 is 11.8 Å². The SMILES string of the molecule is COC(=O)Cc1cc(C#N)c(SC(F)(F)F)cc1CN. The first-order valence-corrected chi connectivity index (χ1v) is 6.21. The maximum absolute atomic E-state index is 12.4. The zero-order valence-corrected chi connectivity index (χ0v) is 11.3. The first-order chi connectivity index (χ1) is 9.30. The van der Waals surface area contributed by atoms with Crippen molar-refractivity contribution in [2.24, 2.45) is 5.73 Å². The van der Waals surface area contributed by atoms with Crippen LogP contribution in [0.3, 0.4) is 0 Å². The number of rotatable bonds is 4. The lowest BCUT2D eigenvalue weighted by molar-refractivity contribution is -0.139. The minimum Gasteiger partial charge on any atom is -0.469 e. The van der Waals surface area contributed by atoms with Gasteiger partial charge in [-0.25, -0.2) is 0 Å². The van der Waals surface area contributed by atoms with E-state index in [2.05, 4.69) is 4.74 Å². The number of benzene rings is 1. The third-order valence-electron chi connectivity index (χ3n) is 2.43. The van der Waals surface area contributed by atoms with Gasteiger partial charge in [0.1, 0.15) is 6.07 Å². The molecule has 0 aliphatic heterocycles. The van der Waals surface area contributed by atoms with Crippen LogP contribution in [0, 0.1) is 11.3 Å². The average Bonchev–Trinajstić information content (AvgIpc) is 2.37. The fourth-order valence-electron chi connectivity index (χ4n) is 1.55. The molecule has 0 atom stereocenters. The molecule has 4 nitrogen and oxygen atoms in total. The van der Waals surface area contributed by atoms with Crippen LogP contribution in [-0.2, 0) is 22.5 Å². The quantitative estimate of drug-likeness (QED) is 0.682. The molecule has 1 rings (SSSR count). The minimum atomic E-state index is -4.50. The zero-order chi connectivity index (χ0) is 15.3. The van der Waals surface area contributed by atoms with Gasteiger partial charge in [-0.15, -0.1) is 0 Å². The van der Waals surface area contributed by atoms with E-state index in [1.165, 1.54) is 19.2 Å². The number of alkyl halides is 3. The van der Waals surface area contributed by atoms with E-state index in [0.29, 0.717) is 11.1 Å². The van der Waals surface area contributed by atoms with Crippen LogP contribution in [0.15, 0.2) is 17.0 Å². The number of halogens is 3. The number of nitrogens with two attached hydrogens (primary N) is 1. The van der Waals surface area contributed by atoms with Gasteiger partial charge in [-0.2, -0.15) is 18.4 Å². The highest BCUT2D eigenvalue weighted by Gasteiger charge is 2.31. The van der Waals surface area contributed by atoms with Crippen molar-refractivity contribution in [3.63, 3.8) is 0 Å². The molecule has 20 heavy (non-hydrogen) atoms. The van der Waals surface area contributed by atoms with E-state index < -0.39 is 11.5 Å². The third-order valence-corrected chi connectivity index (χ3v) is 3.22. The van der Waals surface area contributed by atoms with Crippen molar-refractivity contribution in [2.75, 3.05) is 7.11 Å². The summed E-state index contributed by atoms with van der Waals surface area (Å²) in [6.07, 6.45) is -0.144. The van der Waals surface area contributed by atoms with Gasteiger partial charge in [-0.1, -0.05) is 0 Å². The van der Waals surface area contributed by atoms with Crippen molar-refractivity contribution in [1.82, 2.24) is 0 Å². The van der Waals surface area contributed by atoms with E-state index in [1.807, 2.05) is 0 Å². The Kier molecular flexibility index (Phi) is 5.42. The Morgan fingerprint density at radius 2 is 2.10 bits per heavy atom. The summed E-state index contributed by atoms with van der Waals surface area (Å²) in [7, 11) is 1.20.